The molecule has 1 aromatic rings. The smallest absolute Gasteiger partial charge is 0.338 e. The summed E-state index contributed by atoms with van der Waals surface area (Å²) in [6.45, 7) is 2.18. The summed E-state index contributed by atoms with van der Waals surface area (Å²) in [6, 6.07) is 7.15. The molecule has 2 rings (SSSR count). The molecule has 1 aliphatic heterocycles. The third kappa shape index (κ3) is 1.79. The summed E-state index contributed by atoms with van der Waals surface area (Å²) in [4.78, 5) is 11.3. The van der Waals surface area contributed by atoms with E-state index in [1.807, 2.05) is 12.1 Å². The molecule has 0 atom stereocenters. The van der Waals surface area contributed by atoms with Crippen LogP contribution in [0.25, 0.3) is 0 Å². The largest absolute Gasteiger partial charge is 0.462 e. The number of esters is 1. The number of hydrogen-bond acceptors (Lipinski definition) is 4. The highest BCUT2D eigenvalue weighted by Crippen LogP contribution is 2.30. The molecule has 0 spiro atoms. The lowest BCUT2D eigenvalue weighted by molar-refractivity contribution is 0.0526. The second kappa shape index (κ2) is 3.57. The van der Waals surface area contributed by atoms with Gasteiger partial charge in [-0.15, -0.1) is 0 Å². The molecule has 0 amide bonds. The average molecular weight is 190 g/mol. The Morgan fingerprint density at radius 1 is 1.36 bits per heavy atom. The van der Waals surface area contributed by atoms with Gasteiger partial charge >= 0.3 is 5.97 Å². The predicted octanol–water partition coefficient (Wildman–Crippen LogP) is 2.33. The fraction of sp³-hybridized carbons (Fsp3) is 0.300. The van der Waals surface area contributed by atoms with Crippen molar-refractivity contribution < 1.29 is 9.53 Å². The quantitative estimate of drug-likeness (QED) is 0.687. The highest BCUT2D eigenvalue weighted by molar-refractivity contribution is 5.89. The Morgan fingerprint density at radius 3 is 2.50 bits per heavy atom. The van der Waals surface area contributed by atoms with Crippen LogP contribution in [0, 0.1) is 0 Å². The maximum atomic E-state index is 11.3. The van der Waals surface area contributed by atoms with Gasteiger partial charge in [-0.2, -0.15) is 10.2 Å². The van der Waals surface area contributed by atoms with E-state index in [-0.39, 0.29) is 12.1 Å². The fourth-order valence-corrected chi connectivity index (χ4v) is 1.17. The summed E-state index contributed by atoms with van der Waals surface area (Å²) in [5, 5.41) is 7.58. The molecule has 1 aromatic carbocycles. The first kappa shape index (κ1) is 8.87. The second-order valence-corrected chi connectivity index (χ2v) is 2.95. The van der Waals surface area contributed by atoms with Crippen LogP contribution in [0.1, 0.15) is 29.0 Å². The Hall–Kier alpha value is -1.71. The van der Waals surface area contributed by atoms with Crippen LogP contribution in [0.3, 0.4) is 0 Å². The minimum atomic E-state index is -0.288. The predicted molar refractivity (Wildman–Crippen MR) is 50.0 cm³/mol. The maximum absolute atomic E-state index is 11.3. The van der Waals surface area contributed by atoms with Gasteiger partial charge in [0.25, 0.3) is 0 Å². The van der Waals surface area contributed by atoms with Gasteiger partial charge in [0.15, 0.2) is 0 Å². The first-order chi connectivity index (χ1) is 6.81. The summed E-state index contributed by atoms with van der Waals surface area (Å²) in [7, 11) is 0. The number of benzene rings is 1. The molecule has 0 N–H and O–H groups in total. The van der Waals surface area contributed by atoms with Gasteiger partial charge in [0, 0.05) is 5.56 Å². The van der Waals surface area contributed by atoms with Gasteiger partial charge in [-0.3, -0.25) is 0 Å². The zero-order valence-corrected chi connectivity index (χ0v) is 7.80. The van der Waals surface area contributed by atoms with E-state index in [1.54, 1.807) is 19.1 Å². The lowest BCUT2D eigenvalue weighted by Gasteiger charge is -2.01. The van der Waals surface area contributed by atoms with Gasteiger partial charge in [0.05, 0.1) is 12.2 Å². The molecule has 4 heteroatoms. The molecule has 0 unspecified atom stereocenters. The Labute approximate surface area is 81.6 Å². The molecule has 14 heavy (non-hydrogen) atoms. The van der Waals surface area contributed by atoms with Gasteiger partial charge in [0.2, 0.25) is 6.17 Å². The minimum Gasteiger partial charge on any atom is -0.462 e. The van der Waals surface area contributed by atoms with Crippen LogP contribution in [-0.4, -0.2) is 12.6 Å². The van der Waals surface area contributed by atoms with Crippen molar-refractivity contribution in [3.8, 4) is 0 Å². The normalized spacial score (nSPS) is 14.1. The van der Waals surface area contributed by atoms with Crippen molar-refractivity contribution in [2.24, 2.45) is 10.2 Å². The molecule has 1 heterocycles. The molecule has 0 saturated heterocycles. The minimum absolute atomic E-state index is 0.00811. The standard InChI is InChI=1S/C10H10N2O2/c1-2-14-10(13)8-5-3-7(4-6-8)9-11-12-9/h3-6,9H,2H2,1H3. The molecule has 0 fully saturated rings. The third-order valence-electron chi connectivity index (χ3n) is 1.95. The molecule has 0 radical (unpaired) electrons. The third-order valence-corrected chi connectivity index (χ3v) is 1.95. The van der Waals surface area contributed by atoms with E-state index in [0.29, 0.717) is 12.2 Å². The van der Waals surface area contributed by atoms with Crippen molar-refractivity contribution in [1.82, 2.24) is 0 Å². The number of carbonyl (C=O) groups is 1. The lowest BCUT2D eigenvalue weighted by Crippen LogP contribution is -2.04. The van der Waals surface area contributed by atoms with Gasteiger partial charge in [-0.25, -0.2) is 4.79 Å². The molecule has 0 aliphatic carbocycles. The van der Waals surface area contributed by atoms with E-state index >= 15 is 0 Å². The number of hydrogen-bond donors (Lipinski definition) is 0. The van der Waals surface area contributed by atoms with E-state index < -0.39 is 0 Å². The molecule has 4 nitrogen and oxygen atoms in total. The Morgan fingerprint density at radius 2 is 2.00 bits per heavy atom. The Kier molecular flexibility index (Phi) is 2.26. The van der Waals surface area contributed by atoms with Crippen molar-refractivity contribution in [3.05, 3.63) is 35.4 Å². The van der Waals surface area contributed by atoms with Crippen LogP contribution in [0.15, 0.2) is 34.5 Å². The monoisotopic (exact) mass is 190 g/mol. The Bertz CT molecular complexity index is 364. The molecule has 1 aliphatic rings. The van der Waals surface area contributed by atoms with Crippen LogP contribution in [0.5, 0.6) is 0 Å². The van der Waals surface area contributed by atoms with E-state index in [2.05, 4.69) is 10.2 Å². The average Bonchev–Trinajstić information content (AvgIpc) is 3.02. The zero-order valence-electron chi connectivity index (χ0n) is 7.80. The highest BCUT2D eigenvalue weighted by atomic mass is 16.5. The molecule has 72 valence electrons. The van der Waals surface area contributed by atoms with Crippen molar-refractivity contribution >= 4 is 5.97 Å². The topological polar surface area (TPSA) is 51.0 Å². The highest BCUT2D eigenvalue weighted by Gasteiger charge is 2.18. The molecule has 0 saturated carbocycles. The molecular formula is C10H10N2O2. The van der Waals surface area contributed by atoms with E-state index in [4.69, 9.17) is 4.74 Å². The molecule has 0 aromatic heterocycles. The first-order valence-electron chi connectivity index (χ1n) is 4.48. The summed E-state index contributed by atoms with van der Waals surface area (Å²) in [5.41, 5.74) is 1.58. The summed E-state index contributed by atoms with van der Waals surface area (Å²) in [6.07, 6.45) is -0.00811. The molecule has 0 bridgehead atoms. The Balaban J connectivity index is 2.08. The van der Waals surface area contributed by atoms with Gasteiger partial charge in [-0.05, 0) is 19.1 Å². The lowest BCUT2D eigenvalue weighted by atomic mass is 10.1. The van der Waals surface area contributed by atoms with Crippen molar-refractivity contribution in [2.75, 3.05) is 6.61 Å². The van der Waals surface area contributed by atoms with Crippen LogP contribution < -0.4 is 0 Å². The van der Waals surface area contributed by atoms with E-state index in [0.717, 1.165) is 5.56 Å². The van der Waals surface area contributed by atoms with Crippen molar-refractivity contribution in [2.45, 2.75) is 13.1 Å². The van der Waals surface area contributed by atoms with Crippen molar-refractivity contribution in [3.63, 3.8) is 0 Å². The summed E-state index contributed by atoms with van der Waals surface area (Å²) >= 11 is 0. The van der Waals surface area contributed by atoms with Gasteiger partial charge in [-0.1, -0.05) is 12.1 Å². The van der Waals surface area contributed by atoms with Crippen LogP contribution >= 0.6 is 0 Å². The van der Waals surface area contributed by atoms with Crippen molar-refractivity contribution in [1.29, 1.82) is 0 Å². The van der Waals surface area contributed by atoms with Gasteiger partial charge < -0.3 is 4.74 Å². The maximum Gasteiger partial charge on any atom is 0.338 e. The van der Waals surface area contributed by atoms with E-state index in [1.165, 1.54) is 0 Å². The van der Waals surface area contributed by atoms with E-state index in [9.17, 15) is 4.79 Å². The number of ether oxygens (including phenoxy) is 1. The van der Waals surface area contributed by atoms with Crippen LogP contribution in [0.4, 0.5) is 0 Å². The van der Waals surface area contributed by atoms with Gasteiger partial charge in [0.1, 0.15) is 0 Å². The summed E-state index contributed by atoms with van der Waals surface area (Å²) in [5.74, 6) is -0.288. The molecular weight excluding hydrogens is 180 g/mol. The van der Waals surface area contributed by atoms with Crippen LogP contribution in [-0.2, 0) is 4.74 Å². The number of carbonyl (C=O) groups excluding carboxylic acids is 1. The first-order valence-corrected chi connectivity index (χ1v) is 4.48. The SMILES string of the molecule is CCOC(=O)c1ccc(C2N=N2)cc1. The number of nitrogens with zero attached hydrogens (tertiary/aromatic N) is 2. The zero-order chi connectivity index (χ0) is 9.97. The summed E-state index contributed by atoms with van der Waals surface area (Å²) < 4.78 is 4.86. The fourth-order valence-electron chi connectivity index (χ4n) is 1.17. The second-order valence-electron chi connectivity index (χ2n) is 2.95. The number of rotatable bonds is 3. The van der Waals surface area contributed by atoms with Crippen LogP contribution in [0.2, 0.25) is 0 Å².